The molecule has 0 spiro atoms. The highest BCUT2D eigenvalue weighted by atomic mass is 79.9. The van der Waals surface area contributed by atoms with E-state index in [-0.39, 0.29) is 0 Å². The predicted molar refractivity (Wildman–Crippen MR) is 94.8 cm³/mol. The van der Waals surface area contributed by atoms with Gasteiger partial charge in [0.2, 0.25) is 0 Å². The maximum Gasteiger partial charge on any atom is 0.0361 e. The zero-order valence-electron chi connectivity index (χ0n) is 13.1. The molecule has 2 heteroatoms. The van der Waals surface area contributed by atoms with Crippen LogP contribution >= 0.6 is 15.9 Å². The van der Waals surface area contributed by atoms with Crippen molar-refractivity contribution in [2.45, 2.75) is 39.2 Å². The summed E-state index contributed by atoms with van der Waals surface area (Å²) in [6, 6.07) is 18.0. The molecular weight excluding hydrogens is 322 g/mol. The van der Waals surface area contributed by atoms with Crippen LogP contribution < -0.4 is 5.32 Å². The standard InChI is InChI=1S/C19H24BrN/c1-4-21-19(17-6-5-7-18(20)13-17)12-15-8-10-16(11-9-15)14(2)3/h5-11,13-14,19,21H,4,12H2,1-3H3. The number of benzene rings is 2. The highest BCUT2D eigenvalue weighted by Gasteiger charge is 2.11. The average molecular weight is 346 g/mol. The van der Waals surface area contributed by atoms with Crippen LogP contribution in [-0.4, -0.2) is 6.54 Å². The third-order valence-corrected chi connectivity index (χ3v) is 4.28. The van der Waals surface area contributed by atoms with E-state index in [9.17, 15) is 0 Å². The van der Waals surface area contributed by atoms with E-state index in [4.69, 9.17) is 0 Å². The number of rotatable bonds is 6. The highest BCUT2D eigenvalue weighted by molar-refractivity contribution is 9.10. The Morgan fingerprint density at radius 3 is 2.29 bits per heavy atom. The molecule has 1 unspecified atom stereocenters. The second-order valence-corrected chi connectivity index (χ2v) is 6.68. The van der Waals surface area contributed by atoms with Crippen LogP contribution in [0.25, 0.3) is 0 Å². The van der Waals surface area contributed by atoms with Crippen molar-refractivity contribution in [2.24, 2.45) is 0 Å². The molecule has 0 saturated heterocycles. The smallest absolute Gasteiger partial charge is 0.0361 e. The molecule has 0 amide bonds. The van der Waals surface area contributed by atoms with Crippen molar-refractivity contribution < 1.29 is 0 Å². The number of hydrogen-bond acceptors (Lipinski definition) is 1. The summed E-state index contributed by atoms with van der Waals surface area (Å²) in [5.41, 5.74) is 4.12. The van der Waals surface area contributed by atoms with Gasteiger partial charge in [0.15, 0.2) is 0 Å². The number of likely N-dealkylation sites (N-methyl/N-ethyl adjacent to an activating group) is 1. The zero-order chi connectivity index (χ0) is 15.2. The highest BCUT2D eigenvalue weighted by Crippen LogP contribution is 2.23. The normalized spacial score (nSPS) is 12.6. The molecule has 2 aromatic carbocycles. The quantitative estimate of drug-likeness (QED) is 0.732. The van der Waals surface area contributed by atoms with Gasteiger partial charge in [-0.3, -0.25) is 0 Å². The first-order valence-corrected chi connectivity index (χ1v) is 8.47. The molecule has 2 rings (SSSR count). The summed E-state index contributed by atoms with van der Waals surface area (Å²) in [6.45, 7) is 7.60. The van der Waals surface area contributed by atoms with Crippen molar-refractivity contribution in [1.82, 2.24) is 5.32 Å². The van der Waals surface area contributed by atoms with E-state index in [2.05, 4.69) is 90.5 Å². The lowest BCUT2D eigenvalue weighted by Gasteiger charge is -2.19. The van der Waals surface area contributed by atoms with Crippen LogP contribution in [0.1, 0.15) is 49.4 Å². The maximum atomic E-state index is 3.59. The largest absolute Gasteiger partial charge is 0.310 e. The van der Waals surface area contributed by atoms with Gasteiger partial charge in [-0.2, -0.15) is 0 Å². The fourth-order valence-electron chi connectivity index (χ4n) is 2.55. The Morgan fingerprint density at radius 1 is 1.00 bits per heavy atom. The van der Waals surface area contributed by atoms with E-state index in [0.29, 0.717) is 12.0 Å². The summed E-state index contributed by atoms with van der Waals surface area (Å²) in [7, 11) is 0. The summed E-state index contributed by atoms with van der Waals surface area (Å²) in [5.74, 6) is 0.591. The van der Waals surface area contributed by atoms with Gasteiger partial charge < -0.3 is 5.32 Å². The summed E-state index contributed by atoms with van der Waals surface area (Å²) in [4.78, 5) is 0. The van der Waals surface area contributed by atoms with Crippen LogP contribution in [0.15, 0.2) is 53.0 Å². The van der Waals surface area contributed by atoms with E-state index in [1.807, 2.05) is 0 Å². The molecule has 1 N–H and O–H groups in total. The molecule has 2 aromatic rings. The SMILES string of the molecule is CCNC(Cc1ccc(C(C)C)cc1)c1cccc(Br)c1. The molecule has 112 valence electrons. The van der Waals surface area contributed by atoms with Crippen molar-refractivity contribution in [3.05, 3.63) is 69.7 Å². The number of hydrogen-bond donors (Lipinski definition) is 1. The van der Waals surface area contributed by atoms with Gasteiger partial charge in [-0.05, 0) is 47.7 Å². The molecular formula is C19H24BrN. The Morgan fingerprint density at radius 2 is 1.71 bits per heavy atom. The monoisotopic (exact) mass is 345 g/mol. The van der Waals surface area contributed by atoms with Crippen LogP contribution in [0.4, 0.5) is 0 Å². The Balaban J connectivity index is 2.16. The first-order valence-electron chi connectivity index (χ1n) is 7.67. The molecule has 21 heavy (non-hydrogen) atoms. The van der Waals surface area contributed by atoms with Crippen molar-refractivity contribution >= 4 is 15.9 Å². The van der Waals surface area contributed by atoms with E-state index in [0.717, 1.165) is 17.4 Å². The summed E-state index contributed by atoms with van der Waals surface area (Å²) in [6.07, 6.45) is 1.02. The molecule has 0 fully saturated rings. The van der Waals surface area contributed by atoms with Gasteiger partial charge in [0.05, 0.1) is 0 Å². The molecule has 0 aromatic heterocycles. The van der Waals surface area contributed by atoms with Crippen LogP contribution in [-0.2, 0) is 6.42 Å². The molecule has 0 bridgehead atoms. The van der Waals surface area contributed by atoms with Gasteiger partial charge in [0.1, 0.15) is 0 Å². The fraction of sp³-hybridized carbons (Fsp3) is 0.368. The minimum atomic E-state index is 0.359. The lowest BCUT2D eigenvalue weighted by Crippen LogP contribution is -2.23. The molecule has 0 aliphatic carbocycles. The van der Waals surface area contributed by atoms with Crippen molar-refractivity contribution in [3.63, 3.8) is 0 Å². The number of nitrogens with one attached hydrogen (secondary N) is 1. The lowest BCUT2D eigenvalue weighted by atomic mass is 9.96. The number of halogens is 1. The summed E-state index contributed by atoms with van der Waals surface area (Å²) in [5, 5.41) is 3.59. The van der Waals surface area contributed by atoms with Crippen molar-refractivity contribution in [2.75, 3.05) is 6.54 Å². The second-order valence-electron chi connectivity index (χ2n) is 5.77. The van der Waals surface area contributed by atoms with Crippen LogP contribution in [0.3, 0.4) is 0 Å². The zero-order valence-corrected chi connectivity index (χ0v) is 14.7. The van der Waals surface area contributed by atoms with Gasteiger partial charge in [-0.25, -0.2) is 0 Å². The Labute approximate surface area is 136 Å². The molecule has 1 atom stereocenters. The van der Waals surface area contributed by atoms with Crippen LogP contribution in [0.5, 0.6) is 0 Å². The second kappa shape index (κ2) is 7.77. The van der Waals surface area contributed by atoms with E-state index >= 15 is 0 Å². The first kappa shape index (κ1) is 16.3. The van der Waals surface area contributed by atoms with Gasteiger partial charge in [-0.1, -0.05) is 73.1 Å². The third-order valence-electron chi connectivity index (χ3n) is 3.79. The van der Waals surface area contributed by atoms with E-state index < -0.39 is 0 Å². The minimum Gasteiger partial charge on any atom is -0.310 e. The Hall–Kier alpha value is -1.12. The van der Waals surface area contributed by atoms with Gasteiger partial charge >= 0.3 is 0 Å². The van der Waals surface area contributed by atoms with Gasteiger partial charge in [0, 0.05) is 10.5 Å². The molecule has 0 saturated carbocycles. The summed E-state index contributed by atoms with van der Waals surface area (Å²) < 4.78 is 1.14. The van der Waals surface area contributed by atoms with Crippen LogP contribution in [0.2, 0.25) is 0 Å². The molecule has 0 heterocycles. The van der Waals surface area contributed by atoms with Gasteiger partial charge in [-0.15, -0.1) is 0 Å². The van der Waals surface area contributed by atoms with Crippen molar-refractivity contribution in [3.8, 4) is 0 Å². The third kappa shape index (κ3) is 4.69. The Kier molecular flexibility index (Phi) is 6.01. The fourth-order valence-corrected chi connectivity index (χ4v) is 2.97. The summed E-state index contributed by atoms with van der Waals surface area (Å²) >= 11 is 3.56. The molecule has 0 aliphatic rings. The minimum absolute atomic E-state index is 0.359. The average Bonchev–Trinajstić information content (AvgIpc) is 2.47. The Bertz CT molecular complexity index is 560. The van der Waals surface area contributed by atoms with Gasteiger partial charge in [0.25, 0.3) is 0 Å². The van der Waals surface area contributed by atoms with E-state index in [1.54, 1.807) is 0 Å². The van der Waals surface area contributed by atoms with E-state index in [1.165, 1.54) is 16.7 Å². The lowest BCUT2D eigenvalue weighted by molar-refractivity contribution is 0.549. The molecule has 0 radical (unpaired) electrons. The predicted octanol–water partition coefficient (Wildman–Crippen LogP) is 5.47. The topological polar surface area (TPSA) is 12.0 Å². The maximum absolute atomic E-state index is 3.59. The molecule has 1 nitrogen and oxygen atoms in total. The van der Waals surface area contributed by atoms with Crippen molar-refractivity contribution in [1.29, 1.82) is 0 Å². The van der Waals surface area contributed by atoms with Crippen LogP contribution in [0, 0.1) is 0 Å². The molecule has 0 aliphatic heterocycles. The first-order chi connectivity index (χ1) is 10.1.